The van der Waals surface area contributed by atoms with Gasteiger partial charge in [-0.1, -0.05) is 27.7 Å². The minimum absolute atomic E-state index is 0.147. The zero-order chi connectivity index (χ0) is 16.1. The fraction of sp³-hybridized carbons (Fsp3) is 0.714. The van der Waals surface area contributed by atoms with Crippen molar-refractivity contribution >= 4 is 11.6 Å². The van der Waals surface area contributed by atoms with Gasteiger partial charge in [-0.3, -0.25) is 0 Å². The molecular formula is C14H21F3N4. The number of aromatic nitrogens is 2. The molecule has 0 aliphatic heterocycles. The average molecular weight is 302 g/mol. The first-order valence-corrected chi connectivity index (χ1v) is 6.88. The van der Waals surface area contributed by atoms with Crippen LogP contribution in [-0.4, -0.2) is 23.6 Å². The van der Waals surface area contributed by atoms with Crippen molar-refractivity contribution in [3.63, 3.8) is 0 Å². The topological polar surface area (TPSA) is 49.8 Å². The second-order valence-electron chi connectivity index (χ2n) is 6.59. The van der Waals surface area contributed by atoms with E-state index in [-0.39, 0.29) is 22.5 Å². The Labute approximate surface area is 122 Å². The maximum atomic E-state index is 12.8. The molecule has 7 heteroatoms. The fourth-order valence-electron chi connectivity index (χ4n) is 2.84. The third-order valence-electron chi connectivity index (χ3n) is 5.04. The fourth-order valence-corrected chi connectivity index (χ4v) is 2.84. The van der Waals surface area contributed by atoms with E-state index in [1.165, 1.54) is 13.1 Å². The van der Waals surface area contributed by atoms with Gasteiger partial charge in [-0.05, 0) is 16.7 Å². The van der Waals surface area contributed by atoms with Crippen molar-refractivity contribution in [1.82, 2.24) is 9.97 Å². The van der Waals surface area contributed by atoms with Crippen LogP contribution < -0.4 is 10.6 Å². The van der Waals surface area contributed by atoms with Gasteiger partial charge in [0, 0.05) is 19.7 Å². The van der Waals surface area contributed by atoms with E-state index in [1.54, 1.807) is 0 Å². The van der Waals surface area contributed by atoms with Gasteiger partial charge in [-0.2, -0.15) is 13.2 Å². The molecular weight excluding hydrogens is 281 g/mol. The molecule has 0 spiro atoms. The van der Waals surface area contributed by atoms with Gasteiger partial charge in [-0.25, -0.2) is 9.97 Å². The van der Waals surface area contributed by atoms with Gasteiger partial charge in [0.15, 0.2) is 0 Å². The highest BCUT2D eigenvalue weighted by molar-refractivity contribution is 5.47. The number of hydrogen-bond acceptors (Lipinski definition) is 4. The molecule has 0 unspecified atom stereocenters. The molecule has 0 atom stereocenters. The number of hydrogen-bond donors (Lipinski definition) is 2. The normalized spacial score (nSPS) is 20.2. The molecule has 2 N–H and O–H groups in total. The zero-order valence-electron chi connectivity index (χ0n) is 12.9. The maximum Gasteiger partial charge on any atom is 0.451 e. The molecule has 0 amide bonds. The minimum atomic E-state index is -4.55. The standard InChI is InChI=1S/C14H21F3N4/c1-12(2)8(13(12,3)4)7-19-10-6-9(18-5)20-11(21-10)14(15,16)17/h6,8H,7H2,1-5H3,(H2,18,19,20,21). The van der Waals surface area contributed by atoms with Crippen LogP contribution in [0.2, 0.25) is 0 Å². The highest BCUT2D eigenvalue weighted by atomic mass is 19.4. The van der Waals surface area contributed by atoms with Crippen LogP contribution in [0.4, 0.5) is 24.8 Å². The highest BCUT2D eigenvalue weighted by Gasteiger charge is 2.64. The summed E-state index contributed by atoms with van der Waals surface area (Å²) in [4.78, 5) is 7.00. The summed E-state index contributed by atoms with van der Waals surface area (Å²) in [5, 5.41) is 5.64. The molecule has 1 fully saturated rings. The number of alkyl halides is 3. The zero-order valence-corrected chi connectivity index (χ0v) is 12.9. The van der Waals surface area contributed by atoms with Crippen LogP contribution >= 0.6 is 0 Å². The van der Waals surface area contributed by atoms with Gasteiger partial charge >= 0.3 is 6.18 Å². The number of anilines is 2. The van der Waals surface area contributed by atoms with Gasteiger partial charge in [0.2, 0.25) is 5.82 Å². The first-order chi connectivity index (χ1) is 9.50. The van der Waals surface area contributed by atoms with Crippen molar-refractivity contribution in [3.8, 4) is 0 Å². The van der Waals surface area contributed by atoms with Crippen molar-refractivity contribution in [2.24, 2.45) is 16.7 Å². The van der Waals surface area contributed by atoms with Crippen molar-refractivity contribution < 1.29 is 13.2 Å². The number of halogens is 3. The summed E-state index contributed by atoms with van der Waals surface area (Å²) in [5.74, 6) is -0.396. The van der Waals surface area contributed by atoms with E-state index in [9.17, 15) is 13.2 Å². The molecule has 1 heterocycles. The quantitative estimate of drug-likeness (QED) is 0.891. The lowest BCUT2D eigenvalue weighted by atomic mass is 10.0. The Morgan fingerprint density at radius 1 is 1.10 bits per heavy atom. The summed E-state index contributed by atoms with van der Waals surface area (Å²) in [5.41, 5.74) is 0.345. The molecule has 2 rings (SSSR count). The van der Waals surface area contributed by atoms with E-state index in [2.05, 4.69) is 48.3 Å². The Kier molecular flexibility index (Phi) is 3.58. The second-order valence-corrected chi connectivity index (χ2v) is 6.59. The van der Waals surface area contributed by atoms with E-state index in [4.69, 9.17) is 0 Å². The number of rotatable bonds is 4. The molecule has 118 valence electrons. The van der Waals surface area contributed by atoms with Crippen molar-refractivity contribution in [2.45, 2.75) is 33.9 Å². The molecule has 1 aliphatic rings. The van der Waals surface area contributed by atoms with Crippen LogP contribution in [0.1, 0.15) is 33.5 Å². The van der Waals surface area contributed by atoms with Crippen LogP contribution in [0.5, 0.6) is 0 Å². The summed E-state index contributed by atoms with van der Waals surface area (Å²) in [6.45, 7) is 9.26. The van der Waals surface area contributed by atoms with Crippen LogP contribution in [-0.2, 0) is 6.18 Å². The Bertz CT molecular complexity index is 524. The van der Waals surface area contributed by atoms with Crippen LogP contribution in [0.15, 0.2) is 6.07 Å². The van der Waals surface area contributed by atoms with E-state index < -0.39 is 12.0 Å². The summed E-state index contributed by atoms with van der Waals surface area (Å²) < 4.78 is 38.3. The molecule has 21 heavy (non-hydrogen) atoms. The average Bonchev–Trinajstić information content (AvgIpc) is 2.75. The summed E-state index contributed by atoms with van der Waals surface area (Å²) in [6, 6.07) is 1.48. The van der Waals surface area contributed by atoms with Gasteiger partial charge < -0.3 is 10.6 Å². The van der Waals surface area contributed by atoms with Crippen LogP contribution in [0, 0.1) is 16.7 Å². The predicted molar refractivity (Wildman–Crippen MR) is 76.1 cm³/mol. The predicted octanol–water partition coefficient (Wildman–Crippen LogP) is 3.63. The van der Waals surface area contributed by atoms with Gasteiger partial charge in [-0.15, -0.1) is 0 Å². The van der Waals surface area contributed by atoms with Crippen molar-refractivity contribution in [3.05, 3.63) is 11.9 Å². The molecule has 0 radical (unpaired) electrons. The molecule has 1 aliphatic carbocycles. The third-order valence-corrected chi connectivity index (χ3v) is 5.04. The molecule has 0 bridgehead atoms. The van der Waals surface area contributed by atoms with Gasteiger partial charge in [0.1, 0.15) is 11.6 Å². The third kappa shape index (κ3) is 2.78. The SMILES string of the molecule is CNc1cc(NCC2C(C)(C)C2(C)C)nc(C(F)(F)F)n1. The van der Waals surface area contributed by atoms with E-state index >= 15 is 0 Å². The molecule has 0 saturated heterocycles. The highest BCUT2D eigenvalue weighted by Crippen LogP contribution is 2.68. The lowest BCUT2D eigenvalue weighted by molar-refractivity contribution is -0.144. The van der Waals surface area contributed by atoms with Crippen molar-refractivity contribution in [2.75, 3.05) is 24.2 Å². The monoisotopic (exact) mass is 302 g/mol. The summed E-state index contributed by atoms with van der Waals surface area (Å²) in [7, 11) is 1.53. The first kappa shape index (κ1) is 15.9. The first-order valence-electron chi connectivity index (χ1n) is 6.88. The van der Waals surface area contributed by atoms with E-state index in [0.717, 1.165) is 0 Å². The number of nitrogens with zero attached hydrogens (tertiary/aromatic N) is 2. The number of nitrogens with one attached hydrogen (secondary N) is 2. The molecule has 1 saturated carbocycles. The Morgan fingerprint density at radius 3 is 2.05 bits per heavy atom. The van der Waals surface area contributed by atoms with Crippen LogP contribution in [0.25, 0.3) is 0 Å². The van der Waals surface area contributed by atoms with E-state index in [1.807, 2.05) is 0 Å². The van der Waals surface area contributed by atoms with Gasteiger partial charge in [0.25, 0.3) is 0 Å². The second kappa shape index (κ2) is 4.74. The lowest BCUT2D eigenvalue weighted by Crippen LogP contribution is -2.16. The molecule has 1 aromatic heterocycles. The molecule has 4 nitrogen and oxygen atoms in total. The maximum absolute atomic E-state index is 12.8. The largest absolute Gasteiger partial charge is 0.451 e. The Balaban J connectivity index is 2.14. The minimum Gasteiger partial charge on any atom is -0.373 e. The lowest BCUT2D eigenvalue weighted by Gasteiger charge is -2.12. The van der Waals surface area contributed by atoms with Gasteiger partial charge in [0.05, 0.1) is 0 Å². The summed E-state index contributed by atoms with van der Waals surface area (Å²) in [6.07, 6.45) is -4.55. The van der Waals surface area contributed by atoms with Crippen molar-refractivity contribution in [1.29, 1.82) is 0 Å². The summed E-state index contributed by atoms with van der Waals surface area (Å²) >= 11 is 0. The smallest absolute Gasteiger partial charge is 0.373 e. The Morgan fingerprint density at radius 2 is 1.62 bits per heavy atom. The molecule has 1 aromatic rings. The van der Waals surface area contributed by atoms with E-state index in [0.29, 0.717) is 12.5 Å². The van der Waals surface area contributed by atoms with Crippen LogP contribution in [0.3, 0.4) is 0 Å². The Hall–Kier alpha value is -1.53. The molecule has 0 aromatic carbocycles.